The summed E-state index contributed by atoms with van der Waals surface area (Å²) >= 11 is 0.564. The highest BCUT2D eigenvalue weighted by Gasteiger charge is 2.35. The molecule has 0 spiro atoms. The third-order valence-electron chi connectivity index (χ3n) is 3.21. The normalized spacial score (nSPS) is 17.3. The van der Waals surface area contributed by atoms with Crippen LogP contribution in [0.2, 0.25) is 0 Å². The van der Waals surface area contributed by atoms with E-state index in [1.54, 1.807) is 0 Å². The zero-order valence-corrected chi connectivity index (χ0v) is 10.8. The van der Waals surface area contributed by atoms with Crippen molar-refractivity contribution >= 4 is 16.5 Å². The number of rotatable bonds is 5. The lowest BCUT2D eigenvalue weighted by atomic mass is 10.0. The average molecular weight is 279 g/mol. The van der Waals surface area contributed by atoms with Gasteiger partial charge in [-0.2, -0.15) is 13.2 Å². The molecule has 1 aliphatic carbocycles. The van der Waals surface area contributed by atoms with Crippen molar-refractivity contribution in [1.82, 2.24) is 10.2 Å². The molecule has 1 N–H and O–H groups in total. The van der Waals surface area contributed by atoms with Crippen molar-refractivity contribution in [2.24, 2.45) is 5.92 Å². The zero-order chi connectivity index (χ0) is 13.0. The van der Waals surface area contributed by atoms with Crippen LogP contribution >= 0.6 is 11.3 Å². The van der Waals surface area contributed by atoms with Gasteiger partial charge >= 0.3 is 6.18 Å². The summed E-state index contributed by atoms with van der Waals surface area (Å²) in [6, 6.07) is 0. The van der Waals surface area contributed by atoms with Crippen LogP contribution in [0.4, 0.5) is 18.3 Å². The molecule has 1 aromatic rings. The van der Waals surface area contributed by atoms with E-state index in [0.29, 0.717) is 17.9 Å². The summed E-state index contributed by atoms with van der Waals surface area (Å²) in [6.07, 6.45) is 2.99. The zero-order valence-electron chi connectivity index (χ0n) is 9.96. The van der Waals surface area contributed by atoms with Gasteiger partial charge in [0.25, 0.3) is 0 Å². The van der Waals surface area contributed by atoms with Crippen LogP contribution in [0.5, 0.6) is 0 Å². The maximum Gasteiger partial charge on any atom is 0.445 e. The molecule has 0 atom stereocenters. The first-order valence-corrected chi connectivity index (χ1v) is 7.02. The van der Waals surface area contributed by atoms with E-state index in [2.05, 4.69) is 15.5 Å². The summed E-state index contributed by atoms with van der Waals surface area (Å²) in [4.78, 5) is 0. The molecular weight excluding hydrogens is 263 g/mol. The summed E-state index contributed by atoms with van der Waals surface area (Å²) in [7, 11) is 0. The van der Waals surface area contributed by atoms with Gasteiger partial charge in [-0.05, 0) is 18.8 Å². The Morgan fingerprint density at radius 3 is 2.56 bits per heavy atom. The van der Waals surface area contributed by atoms with Crippen LogP contribution in [-0.4, -0.2) is 16.7 Å². The Balaban J connectivity index is 1.68. The van der Waals surface area contributed by atoms with Crippen LogP contribution in [0.3, 0.4) is 0 Å². The first-order valence-electron chi connectivity index (χ1n) is 6.20. The van der Waals surface area contributed by atoms with Gasteiger partial charge in [0, 0.05) is 6.54 Å². The van der Waals surface area contributed by atoms with E-state index >= 15 is 0 Å². The Bertz CT molecular complexity index is 372. The molecule has 2 rings (SSSR count). The van der Waals surface area contributed by atoms with E-state index in [1.807, 2.05) is 0 Å². The Hall–Kier alpha value is -0.850. The van der Waals surface area contributed by atoms with Crippen molar-refractivity contribution in [2.45, 2.75) is 44.7 Å². The number of aromatic nitrogens is 2. The van der Waals surface area contributed by atoms with Crippen LogP contribution in [0.15, 0.2) is 0 Å². The molecular formula is C11H16F3N3S. The molecule has 18 heavy (non-hydrogen) atoms. The molecule has 1 saturated carbocycles. The first kappa shape index (κ1) is 13.6. The fraction of sp³-hybridized carbons (Fsp3) is 0.818. The SMILES string of the molecule is FC(F)(F)c1nnc(NCCCC2CCCC2)s1. The molecule has 1 aliphatic rings. The molecule has 0 aromatic carbocycles. The van der Waals surface area contributed by atoms with Gasteiger partial charge in [-0.3, -0.25) is 0 Å². The Labute approximate surface area is 108 Å². The smallest absolute Gasteiger partial charge is 0.360 e. The maximum absolute atomic E-state index is 12.3. The van der Waals surface area contributed by atoms with Gasteiger partial charge in [0.15, 0.2) is 0 Å². The fourth-order valence-corrected chi connectivity index (χ4v) is 2.93. The monoisotopic (exact) mass is 279 g/mol. The lowest BCUT2D eigenvalue weighted by Gasteiger charge is -2.08. The molecule has 1 heterocycles. The van der Waals surface area contributed by atoms with Crippen LogP contribution in [0, 0.1) is 5.92 Å². The molecule has 0 amide bonds. The standard InChI is InChI=1S/C11H16F3N3S/c12-11(13,14)9-16-17-10(18-9)15-7-3-6-8-4-1-2-5-8/h8H,1-7H2,(H,15,17). The highest BCUT2D eigenvalue weighted by molar-refractivity contribution is 7.15. The predicted octanol–water partition coefficient (Wildman–Crippen LogP) is 3.94. The summed E-state index contributed by atoms with van der Waals surface area (Å²) in [5, 5.41) is 8.89. The largest absolute Gasteiger partial charge is 0.445 e. The third-order valence-corrected chi connectivity index (χ3v) is 4.13. The van der Waals surface area contributed by atoms with Crippen molar-refractivity contribution in [3.05, 3.63) is 5.01 Å². The molecule has 1 aromatic heterocycles. The maximum atomic E-state index is 12.3. The second-order valence-corrected chi connectivity index (χ2v) is 5.61. The summed E-state index contributed by atoms with van der Waals surface area (Å²) in [5.74, 6) is 0.812. The van der Waals surface area contributed by atoms with E-state index in [-0.39, 0.29) is 5.13 Å². The Kier molecular flexibility index (Phi) is 4.42. The van der Waals surface area contributed by atoms with E-state index in [1.165, 1.54) is 25.7 Å². The van der Waals surface area contributed by atoms with Crippen molar-refractivity contribution in [3.8, 4) is 0 Å². The van der Waals surface area contributed by atoms with Crippen LogP contribution in [0.1, 0.15) is 43.5 Å². The molecule has 0 bridgehead atoms. The highest BCUT2D eigenvalue weighted by Crippen LogP contribution is 2.33. The fourth-order valence-electron chi connectivity index (χ4n) is 2.29. The number of halogens is 3. The van der Waals surface area contributed by atoms with Gasteiger partial charge in [-0.15, -0.1) is 10.2 Å². The number of alkyl halides is 3. The minimum Gasteiger partial charge on any atom is -0.360 e. The first-order chi connectivity index (χ1) is 8.55. The van der Waals surface area contributed by atoms with Crippen LogP contribution < -0.4 is 5.32 Å². The topological polar surface area (TPSA) is 37.8 Å². The summed E-state index contributed by atoms with van der Waals surface area (Å²) in [6.45, 7) is 0.670. The van der Waals surface area contributed by atoms with Crippen molar-refractivity contribution < 1.29 is 13.2 Å². The average Bonchev–Trinajstić information content (AvgIpc) is 2.95. The molecule has 0 aliphatic heterocycles. The summed E-state index contributed by atoms with van der Waals surface area (Å²) in [5.41, 5.74) is 0. The van der Waals surface area contributed by atoms with E-state index < -0.39 is 11.2 Å². The van der Waals surface area contributed by atoms with E-state index in [0.717, 1.165) is 18.8 Å². The molecule has 7 heteroatoms. The molecule has 102 valence electrons. The molecule has 0 saturated heterocycles. The number of nitrogens with one attached hydrogen (secondary N) is 1. The van der Waals surface area contributed by atoms with Crippen LogP contribution in [-0.2, 0) is 6.18 Å². The number of anilines is 1. The lowest BCUT2D eigenvalue weighted by molar-refractivity contribution is -0.138. The van der Waals surface area contributed by atoms with E-state index in [9.17, 15) is 13.2 Å². The van der Waals surface area contributed by atoms with Crippen molar-refractivity contribution in [1.29, 1.82) is 0 Å². The lowest BCUT2D eigenvalue weighted by Crippen LogP contribution is -2.03. The Morgan fingerprint density at radius 2 is 1.94 bits per heavy atom. The quantitative estimate of drug-likeness (QED) is 0.830. The van der Waals surface area contributed by atoms with Gasteiger partial charge in [-0.1, -0.05) is 37.0 Å². The minimum absolute atomic E-state index is 0.258. The van der Waals surface area contributed by atoms with Gasteiger partial charge < -0.3 is 5.32 Å². The van der Waals surface area contributed by atoms with Gasteiger partial charge in [0.1, 0.15) is 0 Å². The third kappa shape index (κ3) is 3.83. The van der Waals surface area contributed by atoms with Gasteiger partial charge in [0.2, 0.25) is 10.1 Å². The summed E-state index contributed by atoms with van der Waals surface area (Å²) < 4.78 is 36.8. The second kappa shape index (κ2) is 5.86. The van der Waals surface area contributed by atoms with Crippen LogP contribution in [0.25, 0.3) is 0 Å². The number of hydrogen-bond acceptors (Lipinski definition) is 4. The van der Waals surface area contributed by atoms with Gasteiger partial charge in [0.05, 0.1) is 0 Å². The van der Waals surface area contributed by atoms with Crippen molar-refractivity contribution in [3.63, 3.8) is 0 Å². The second-order valence-electron chi connectivity index (χ2n) is 4.63. The van der Waals surface area contributed by atoms with Crippen molar-refractivity contribution in [2.75, 3.05) is 11.9 Å². The minimum atomic E-state index is -4.39. The Morgan fingerprint density at radius 1 is 1.22 bits per heavy atom. The predicted molar refractivity (Wildman–Crippen MR) is 64.6 cm³/mol. The number of nitrogens with zero attached hydrogens (tertiary/aromatic N) is 2. The molecule has 1 fully saturated rings. The molecule has 3 nitrogen and oxygen atoms in total. The molecule has 0 radical (unpaired) electrons. The van der Waals surface area contributed by atoms with E-state index in [4.69, 9.17) is 0 Å². The van der Waals surface area contributed by atoms with Gasteiger partial charge in [-0.25, -0.2) is 0 Å². The molecule has 0 unspecified atom stereocenters. The highest BCUT2D eigenvalue weighted by atomic mass is 32.1. The number of hydrogen-bond donors (Lipinski definition) is 1.